The zero-order valence-corrected chi connectivity index (χ0v) is 13.2. The number of nitrogens with one attached hydrogen (secondary N) is 1. The van der Waals surface area contributed by atoms with Crippen molar-refractivity contribution >= 4 is 15.9 Å². The minimum atomic E-state index is 0.330. The van der Waals surface area contributed by atoms with E-state index in [-0.39, 0.29) is 0 Å². The van der Waals surface area contributed by atoms with Crippen molar-refractivity contribution in [3.05, 3.63) is 46.2 Å². The number of para-hydroxylation sites is 1. The lowest BCUT2D eigenvalue weighted by Crippen LogP contribution is -2.19. The highest BCUT2D eigenvalue weighted by Crippen LogP contribution is 2.24. The van der Waals surface area contributed by atoms with Crippen molar-refractivity contribution < 1.29 is 0 Å². The molecule has 1 unspecified atom stereocenters. The number of rotatable bonds is 5. The second kappa shape index (κ2) is 6.35. The Kier molecular flexibility index (Phi) is 4.77. The van der Waals surface area contributed by atoms with E-state index in [2.05, 4.69) is 53.2 Å². The molecule has 3 nitrogen and oxygen atoms in total. The molecule has 2 aromatic rings. The van der Waals surface area contributed by atoms with Crippen molar-refractivity contribution in [3.63, 3.8) is 0 Å². The molecule has 1 aromatic heterocycles. The van der Waals surface area contributed by atoms with Gasteiger partial charge in [0.2, 0.25) is 0 Å². The van der Waals surface area contributed by atoms with Gasteiger partial charge in [-0.3, -0.25) is 0 Å². The molecule has 1 N–H and O–H groups in total. The Hall–Kier alpha value is -1.13. The van der Waals surface area contributed by atoms with E-state index in [1.54, 1.807) is 0 Å². The average molecular weight is 322 g/mol. The normalized spacial score (nSPS) is 12.6. The van der Waals surface area contributed by atoms with Crippen LogP contribution in [-0.4, -0.2) is 16.3 Å². The molecule has 0 saturated heterocycles. The number of hydrogen-bond donors (Lipinski definition) is 1. The van der Waals surface area contributed by atoms with E-state index in [1.807, 2.05) is 29.1 Å². The van der Waals surface area contributed by atoms with Gasteiger partial charge in [0.05, 0.1) is 11.9 Å². The summed E-state index contributed by atoms with van der Waals surface area (Å²) in [4.78, 5) is 0. The Balaban J connectivity index is 2.31. The first-order chi connectivity index (χ1) is 9.15. The molecule has 0 saturated carbocycles. The van der Waals surface area contributed by atoms with Crippen LogP contribution >= 0.6 is 15.9 Å². The lowest BCUT2D eigenvalue weighted by Gasteiger charge is -2.13. The summed E-state index contributed by atoms with van der Waals surface area (Å²) >= 11 is 3.58. The van der Waals surface area contributed by atoms with Crippen LogP contribution in [0.15, 0.2) is 34.9 Å². The van der Waals surface area contributed by atoms with E-state index < -0.39 is 0 Å². The Labute approximate surface area is 123 Å². The highest BCUT2D eigenvalue weighted by atomic mass is 79.9. The topological polar surface area (TPSA) is 29.9 Å². The van der Waals surface area contributed by atoms with Gasteiger partial charge in [-0.2, -0.15) is 5.10 Å². The maximum atomic E-state index is 4.52. The molecule has 0 bridgehead atoms. The predicted octanol–water partition coefficient (Wildman–Crippen LogP) is 4.00. The Morgan fingerprint density at radius 1 is 1.37 bits per heavy atom. The molecule has 0 aliphatic heterocycles. The fourth-order valence-electron chi connectivity index (χ4n) is 2.18. The molecular formula is C15H20BrN3. The van der Waals surface area contributed by atoms with Crippen molar-refractivity contribution in [2.24, 2.45) is 0 Å². The van der Waals surface area contributed by atoms with E-state index in [1.165, 1.54) is 11.3 Å². The minimum absolute atomic E-state index is 0.330. The summed E-state index contributed by atoms with van der Waals surface area (Å²) in [5.74, 6) is 0. The molecule has 1 aromatic carbocycles. The maximum absolute atomic E-state index is 4.52. The number of hydrogen-bond acceptors (Lipinski definition) is 2. The SMILES string of the molecule is CCCNC(C)c1cnn(-c2ccccc2Br)c1C. The summed E-state index contributed by atoms with van der Waals surface area (Å²) in [6.45, 7) is 7.51. The van der Waals surface area contributed by atoms with Crippen molar-refractivity contribution in [2.45, 2.75) is 33.2 Å². The van der Waals surface area contributed by atoms with Crippen LogP contribution < -0.4 is 5.32 Å². The quantitative estimate of drug-likeness (QED) is 0.901. The average Bonchev–Trinajstić information content (AvgIpc) is 2.78. The van der Waals surface area contributed by atoms with Gasteiger partial charge < -0.3 is 5.32 Å². The lowest BCUT2D eigenvalue weighted by atomic mass is 10.1. The van der Waals surface area contributed by atoms with Gasteiger partial charge >= 0.3 is 0 Å². The van der Waals surface area contributed by atoms with E-state index in [0.717, 1.165) is 23.1 Å². The van der Waals surface area contributed by atoms with E-state index in [0.29, 0.717) is 6.04 Å². The van der Waals surface area contributed by atoms with Crippen molar-refractivity contribution in [2.75, 3.05) is 6.54 Å². The summed E-state index contributed by atoms with van der Waals surface area (Å²) in [5, 5.41) is 8.03. The molecular weight excluding hydrogens is 302 g/mol. The van der Waals surface area contributed by atoms with Gasteiger partial charge in [0.25, 0.3) is 0 Å². The number of aromatic nitrogens is 2. The zero-order chi connectivity index (χ0) is 13.8. The van der Waals surface area contributed by atoms with Crippen LogP contribution in [0.1, 0.15) is 37.6 Å². The van der Waals surface area contributed by atoms with Crippen molar-refractivity contribution in [1.82, 2.24) is 15.1 Å². The molecule has 0 spiro atoms. The predicted molar refractivity (Wildman–Crippen MR) is 82.7 cm³/mol. The van der Waals surface area contributed by atoms with Gasteiger partial charge in [-0.1, -0.05) is 19.1 Å². The van der Waals surface area contributed by atoms with Gasteiger partial charge in [0, 0.05) is 21.8 Å². The van der Waals surface area contributed by atoms with Gasteiger partial charge in [0.15, 0.2) is 0 Å². The molecule has 0 aliphatic rings. The first-order valence-corrected chi connectivity index (χ1v) is 7.47. The first-order valence-electron chi connectivity index (χ1n) is 6.68. The monoisotopic (exact) mass is 321 g/mol. The van der Waals surface area contributed by atoms with Crippen LogP contribution in [0.5, 0.6) is 0 Å². The smallest absolute Gasteiger partial charge is 0.0790 e. The van der Waals surface area contributed by atoms with Crippen LogP contribution in [0, 0.1) is 6.92 Å². The number of nitrogens with zero attached hydrogens (tertiary/aromatic N) is 2. The van der Waals surface area contributed by atoms with Gasteiger partial charge in [-0.15, -0.1) is 0 Å². The minimum Gasteiger partial charge on any atom is -0.310 e. The molecule has 1 atom stereocenters. The fourth-order valence-corrected chi connectivity index (χ4v) is 2.64. The van der Waals surface area contributed by atoms with Crippen LogP contribution in [0.2, 0.25) is 0 Å². The lowest BCUT2D eigenvalue weighted by molar-refractivity contribution is 0.568. The summed E-state index contributed by atoms with van der Waals surface area (Å²) in [7, 11) is 0. The summed E-state index contributed by atoms with van der Waals surface area (Å²) in [6, 6.07) is 8.47. The largest absolute Gasteiger partial charge is 0.310 e. The molecule has 102 valence electrons. The number of benzene rings is 1. The van der Waals surface area contributed by atoms with Crippen LogP contribution in [0.3, 0.4) is 0 Å². The van der Waals surface area contributed by atoms with Crippen LogP contribution in [0.25, 0.3) is 5.69 Å². The van der Waals surface area contributed by atoms with E-state index in [4.69, 9.17) is 0 Å². The molecule has 0 amide bonds. The molecule has 19 heavy (non-hydrogen) atoms. The maximum Gasteiger partial charge on any atom is 0.0790 e. The Bertz CT molecular complexity index is 548. The molecule has 1 heterocycles. The Morgan fingerprint density at radius 2 is 2.11 bits per heavy atom. The third-order valence-electron chi connectivity index (χ3n) is 3.30. The van der Waals surface area contributed by atoms with Crippen molar-refractivity contribution in [1.29, 1.82) is 0 Å². The summed E-state index contributed by atoms with van der Waals surface area (Å²) in [6.07, 6.45) is 3.10. The third-order valence-corrected chi connectivity index (χ3v) is 3.97. The van der Waals surface area contributed by atoms with Gasteiger partial charge in [0.1, 0.15) is 0 Å². The molecule has 2 rings (SSSR count). The summed E-state index contributed by atoms with van der Waals surface area (Å²) < 4.78 is 3.05. The number of halogens is 1. The second-order valence-corrected chi connectivity index (χ2v) is 5.58. The second-order valence-electron chi connectivity index (χ2n) is 4.72. The fraction of sp³-hybridized carbons (Fsp3) is 0.400. The van der Waals surface area contributed by atoms with Crippen LogP contribution in [0.4, 0.5) is 0 Å². The molecule has 0 radical (unpaired) electrons. The molecule has 4 heteroatoms. The van der Waals surface area contributed by atoms with E-state index >= 15 is 0 Å². The summed E-state index contributed by atoms with van der Waals surface area (Å²) in [5.41, 5.74) is 3.51. The van der Waals surface area contributed by atoms with Gasteiger partial charge in [-0.25, -0.2) is 4.68 Å². The Morgan fingerprint density at radius 3 is 2.79 bits per heavy atom. The van der Waals surface area contributed by atoms with E-state index in [9.17, 15) is 0 Å². The zero-order valence-electron chi connectivity index (χ0n) is 11.7. The first kappa shape index (κ1) is 14.3. The molecule has 0 aliphatic carbocycles. The standard InChI is InChI=1S/C15H20BrN3/c1-4-9-17-11(2)13-10-18-19(12(13)3)15-8-6-5-7-14(15)16/h5-8,10-11,17H,4,9H2,1-3H3. The molecule has 0 fully saturated rings. The third kappa shape index (κ3) is 3.07. The van der Waals surface area contributed by atoms with Gasteiger partial charge in [-0.05, 0) is 54.9 Å². The van der Waals surface area contributed by atoms with Crippen molar-refractivity contribution in [3.8, 4) is 5.69 Å². The highest BCUT2D eigenvalue weighted by Gasteiger charge is 2.14. The van der Waals surface area contributed by atoms with Crippen LogP contribution in [-0.2, 0) is 0 Å². The highest BCUT2D eigenvalue weighted by molar-refractivity contribution is 9.10.